The van der Waals surface area contributed by atoms with E-state index in [0.717, 1.165) is 28.4 Å². The van der Waals surface area contributed by atoms with E-state index < -0.39 is 0 Å². The summed E-state index contributed by atoms with van der Waals surface area (Å²) >= 11 is 7.15. The first kappa shape index (κ1) is 16.4. The fourth-order valence-electron chi connectivity index (χ4n) is 2.20. The Hall–Kier alpha value is -2.44. The van der Waals surface area contributed by atoms with Crippen molar-refractivity contribution in [2.24, 2.45) is 0 Å². The minimum atomic E-state index is -0.263. The highest BCUT2D eigenvalue weighted by Gasteiger charge is 2.19. The van der Waals surface area contributed by atoms with E-state index in [-0.39, 0.29) is 5.91 Å². The monoisotopic (exact) mass is 359 g/mol. The molecular formula is C17H14ClN3O2S. The molecular weight excluding hydrogens is 346 g/mol. The van der Waals surface area contributed by atoms with Crippen LogP contribution in [0, 0.1) is 6.92 Å². The zero-order valence-electron chi connectivity index (χ0n) is 13.0. The van der Waals surface area contributed by atoms with Crippen LogP contribution in [0.25, 0.3) is 11.3 Å². The molecule has 1 amide bonds. The molecule has 5 nitrogen and oxygen atoms in total. The Labute approximate surface area is 148 Å². The van der Waals surface area contributed by atoms with E-state index in [2.05, 4.69) is 14.9 Å². The minimum Gasteiger partial charge on any atom is -0.497 e. The zero-order chi connectivity index (χ0) is 17.1. The fraction of sp³-hybridized carbons (Fsp3) is 0.118. The van der Waals surface area contributed by atoms with Gasteiger partial charge >= 0.3 is 0 Å². The number of ether oxygens (including phenoxy) is 1. The summed E-state index contributed by atoms with van der Waals surface area (Å²) in [6.45, 7) is 1.85. The van der Waals surface area contributed by atoms with Crippen molar-refractivity contribution in [2.45, 2.75) is 6.92 Å². The third-order valence-corrected chi connectivity index (χ3v) is 4.71. The van der Waals surface area contributed by atoms with Gasteiger partial charge in [-0.3, -0.25) is 4.79 Å². The Morgan fingerprint density at radius 1 is 1.21 bits per heavy atom. The fourth-order valence-corrected chi connectivity index (χ4v) is 2.96. The molecule has 0 saturated carbocycles. The number of nitrogens with one attached hydrogen (secondary N) is 1. The van der Waals surface area contributed by atoms with E-state index in [9.17, 15) is 4.79 Å². The van der Waals surface area contributed by atoms with Crippen molar-refractivity contribution in [1.29, 1.82) is 0 Å². The van der Waals surface area contributed by atoms with Crippen molar-refractivity contribution >= 4 is 34.7 Å². The van der Waals surface area contributed by atoms with Crippen LogP contribution < -0.4 is 10.1 Å². The Kier molecular flexibility index (Phi) is 4.78. The molecule has 0 saturated heterocycles. The van der Waals surface area contributed by atoms with Crippen molar-refractivity contribution < 1.29 is 9.53 Å². The highest BCUT2D eigenvalue weighted by Crippen LogP contribution is 2.28. The lowest BCUT2D eigenvalue weighted by Crippen LogP contribution is -2.12. The number of aromatic nitrogens is 2. The number of halogens is 1. The van der Waals surface area contributed by atoms with Crippen LogP contribution in [0.1, 0.15) is 15.2 Å². The standard InChI is InChI=1S/C17H14ClN3O2S/c1-10-13(18)4-3-5-14(10)19-17(22)16-15(20-21-24-16)11-6-8-12(23-2)9-7-11/h3-9H,1-2H3,(H,19,22). The number of hydrogen-bond donors (Lipinski definition) is 1. The number of anilines is 1. The first-order valence-electron chi connectivity index (χ1n) is 7.13. The molecule has 0 unspecified atom stereocenters. The van der Waals surface area contributed by atoms with Crippen LogP contribution in [0.5, 0.6) is 5.75 Å². The van der Waals surface area contributed by atoms with E-state index in [1.807, 2.05) is 31.2 Å². The molecule has 24 heavy (non-hydrogen) atoms. The second kappa shape index (κ2) is 6.98. The summed E-state index contributed by atoms with van der Waals surface area (Å²) in [6.07, 6.45) is 0. The van der Waals surface area contributed by atoms with Gasteiger partial charge in [-0.2, -0.15) is 0 Å². The topological polar surface area (TPSA) is 64.1 Å². The lowest BCUT2D eigenvalue weighted by atomic mass is 10.1. The van der Waals surface area contributed by atoms with Gasteiger partial charge in [0.05, 0.1) is 7.11 Å². The van der Waals surface area contributed by atoms with Crippen molar-refractivity contribution in [3.05, 3.63) is 57.9 Å². The molecule has 1 N–H and O–H groups in total. The molecule has 0 spiro atoms. The highest BCUT2D eigenvalue weighted by atomic mass is 35.5. The van der Waals surface area contributed by atoms with Gasteiger partial charge in [-0.1, -0.05) is 22.2 Å². The quantitative estimate of drug-likeness (QED) is 0.748. The summed E-state index contributed by atoms with van der Waals surface area (Å²) < 4.78 is 9.06. The molecule has 0 aliphatic carbocycles. The van der Waals surface area contributed by atoms with E-state index >= 15 is 0 Å². The maximum atomic E-state index is 12.6. The number of benzene rings is 2. The maximum absolute atomic E-state index is 12.6. The van der Waals surface area contributed by atoms with Crippen LogP contribution in [0.15, 0.2) is 42.5 Å². The third kappa shape index (κ3) is 3.25. The van der Waals surface area contributed by atoms with Gasteiger partial charge in [0, 0.05) is 16.3 Å². The van der Waals surface area contributed by atoms with Gasteiger partial charge in [0.1, 0.15) is 16.3 Å². The summed E-state index contributed by atoms with van der Waals surface area (Å²) in [5.41, 5.74) is 2.83. The average Bonchev–Trinajstić information content (AvgIpc) is 3.09. The van der Waals surface area contributed by atoms with Crippen LogP contribution in [0.3, 0.4) is 0 Å². The number of hydrogen-bond acceptors (Lipinski definition) is 5. The second-order valence-electron chi connectivity index (χ2n) is 5.05. The van der Waals surface area contributed by atoms with E-state index in [0.29, 0.717) is 21.3 Å². The Morgan fingerprint density at radius 3 is 2.67 bits per heavy atom. The van der Waals surface area contributed by atoms with Crippen molar-refractivity contribution in [3.63, 3.8) is 0 Å². The lowest BCUT2D eigenvalue weighted by molar-refractivity contribution is 0.103. The Morgan fingerprint density at radius 2 is 1.96 bits per heavy atom. The molecule has 7 heteroatoms. The second-order valence-corrected chi connectivity index (χ2v) is 6.21. The maximum Gasteiger partial charge on any atom is 0.269 e. The van der Waals surface area contributed by atoms with E-state index in [4.69, 9.17) is 16.3 Å². The zero-order valence-corrected chi connectivity index (χ0v) is 14.6. The summed E-state index contributed by atoms with van der Waals surface area (Å²) in [5, 5.41) is 7.56. The molecule has 0 aliphatic rings. The molecule has 1 aromatic heterocycles. The summed E-state index contributed by atoms with van der Waals surface area (Å²) in [5.74, 6) is 0.476. The van der Waals surface area contributed by atoms with Crippen LogP contribution in [0.4, 0.5) is 5.69 Å². The molecule has 122 valence electrons. The lowest BCUT2D eigenvalue weighted by Gasteiger charge is -2.09. The average molecular weight is 360 g/mol. The molecule has 0 fully saturated rings. The normalized spacial score (nSPS) is 10.5. The minimum absolute atomic E-state index is 0.263. The van der Waals surface area contributed by atoms with Gasteiger partial charge < -0.3 is 10.1 Å². The number of nitrogens with zero attached hydrogens (tertiary/aromatic N) is 2. The molecule has 3 rings (SSSR count). The van der Waals surface area contributed by atoms with Gasteiger partial charge in [0.25, 0.3) is 5.91 Å². The van der Waals surface area contributed by atoms with E-state index in [1.54, 1.807) is 25.3 Å². The first-order valence-corrected chi connectivity index (χ1v) is 8.28. The SMILES string of the molecule is COc1ccc(-c2nnsc2C(=O)Nc2cccc(Cl)c2C)cc1. The van der Waals surface area contributed by atoms with Gasteiger partial charge in [-0.15, -0.1) is 5.10 Å². The predicted molar refractivity (Wildman–Crippen MR) is 96.0 cm³/mol. The van der Waals surface area contributed by atoms with Crippen LogP contribution in [0.2, 0.25) is 5.02 Å². The smallest absolute Gasteiger partial charge is 0.269 e. The largest absolute Gasteiger partial charge is 0.497 e. The Balaban J connectivity index is 1.89. The third-order valence-electron chi connectivity index (χ3n) is 3.57. The number of methoxy groups -OCH3 is 1. The van der Waals surface area contributed by atoms with Crippen molar-refractivity contribution in [3.8, 4) is 17.0 Å². The number of carbonyl (C=O) groups is 1. The van der Waals surface area contributed by atoms with Crippen LogP contribution in [-0.2, 0) is 0 Å². The van der Waals surface area contributed by atoms with Crippen molar-refractivity contribution in [2.75, 3.05) is 12.4 Å². The molecule has 2 aromatic carbocycles. The van der Waals surface area contributed by atoms with Gasteiger partial charge in [0.2, 0.25) is 0 Å². The molecule has 0 bridgehead atoms. The number of carbonyl (C=O) groups excluding carboxylic acids is 1. The number of amides is 1. The summed E-state index contributed by atoms with van der Waals surface area (Å²) in [4.78, 5) is 13.1. The van der Waals surface area contributed by atoms with Crippen LogP contribution >= 0.6 is 23.1 Å². The van der Waals surface area contributed by atoms with Crippen molar-refractivity contribution in [1.82, 2.24) is 9.59 Å². The molecule has 0 aliphatic heterocycles. The van der Waals surface area contributed by atoms with Gasteiger partial charge in [-0.05, 0) is 60.4 Å². The molecule has 3 aromatic rings. The number of rotatable bonds is 4. The summed E-state index contributed by atoms with van der Waals surface area (Å²) in [6, 6.07) is 12.7. The van der Waals surface area contributed by atoms with Gasteiger partial charge in [-0.25, -0.2) is 0 Å². The van der Waals surface area contributed by atoms with Crippen LogP contribution in [-0.4, -0.2) is 22.6 Å². The van der Waals surface area contributed by atoms with Gasteiger partial charge in [0.15, 0.2) is 0 Å². The molecule has 0 atom stereocenters. The molecule has 1 heterocycles. The predicted octanol–water partition coefficient (Wildman–Crippen LogP) is 4.43. The highest BCUT2D eigenvalue weighted by molar-refractivity contribution is 7.08. The first-order chi connectivity index (χ1) is 11.6. The van der Waals surface area contributed by atoms with E-state index in [1.165, 1.54) is 0 Å². The Bertz CT molecular complexity index is 878. The molecule has 0 radical (unpaired) electrons. The summed E-state index contributed by atoms with van der Waals surface area (Å²) in [7, 11) is 1.60.